The molecule has 2 aromatic carbocycles. The normalized spacial score (nSPS) is 15.6. The molecule has 0 aromatic heterocycles. The molecule has 2 amide bonds. The van der Waals surface area contributed by atoms with Gasteiger partial charge < -0.3 is 15.1 Å². The van der Waals surface area contributed by atoms with Gasteiger partial charge >= 0.3 is 6.03 Å². The van der Waals surface area contributed by atoms with Gasteiger partial charge in [0.15, 0.2) is 5.78 Å². The second-order valence-corrected chi connectivity index (χ2v) is 9.72. The van der Waals surface area contributed by atoms with Crippen LogP contribution >= 0.6 is 11.6 Å². The van der Waals surface area contributed by atoms with Crippen LogP contribution < -0.4 is 5.32 Å². The number of alkyl halides is 1. The van der Waals surface area contributed by atoms with Crippen molar-refractivity contribution in [1.29, 1.82) is 0 Å². The van der Waals surface area contributed by atoms with Crippen molar-refractivity contribution in [3.05, 3.63) is 65.2 Å². The third kappa shape index (κ3) is 7.31. The molecule has 1 unspecified atom stereocenters. The fraction of sp³-hybridized carbons (Fsp3) is 0.500. The Morgan fingerprint density at radius 1 is 1.12 bits per heavy atom. The van der Waals surface area contributed by atoms with Gasteiger partial charge in [-0.2, -0.15) is 0 Å². The maximum Gasteiger partial charge on any atom is 0.322 e. The summed E-state index contributed by atoms with van der Waals surface area (Å²) in [6.07, 6.45) is 4.56. The molecule has 1 aliphatic rings. The number of halogens is 1. The Morgan fingerprint density at radius 2 is 1.82 bits per heavy atom. The van der Waals surface area contributed by atoms with Crippen LogP contribution in [0.2, 0.25) is 0 Å². The minimum absolute atomic E-state index is 0.000295. The Bertz CT molecular complexity index is 956. The summed E-state index contributed by atoms with van der Waals surface area (Å²) in [6, 6.07) is 16.4. The standard InChI is InChI=1S/C28H38ClN3O2/c1-4-8-22(3)31-15-13-26(14-16-31)32(28(34)30-25-12-7-9-21(2)17-25)20-24-11-6-5-10-23(24)18-27(33)19-29/h5-7,9-12,17,22,26H,4,8,13-16,18-20H2,1-3H3,(H,30,34). The number of nitrogens with one attached hydrogen (secondary N) is 1. The van der Waals surface area contributed by atoms with Gasteiger partial charge in [0.25, 0.3) is 0 Å². The second-order valence-electron chi connectivity index (χ2n) is 9.45. The van der Waals surface area contributed by atoms with E-state index >= 15 is 0 Å². The molecule has 3 rings (SSSR count). The van der Waals surface area contributed by atoms with E-state index in [0.29, 0.717) is 19.0 Å². The Kier molecular flexibility index (Phi) is 9.97. The molecule has 5 nitrogen and oxygen atoms in total. The first-order chi connectivity index (χ1) is 16.4. The first kappa shape index (κ1) is 26.2. The Morgan fingerprint density at radius 3 is 2.47 bits per heavy atom. The van der Waals surface area contributed by atoms with Crippen LogP contribution in [-0.2, 0) is 17.8 Å². The topological polar surface area (TPSA) is 52.7 Å². The second kappa shape index (κ2) is 12.9. The van der Waals surface area contributed by atoms with Gasteiger partial charge in [-0.05, 0) is 61.9 Å². The number of hydrogen-bond donors (Lipinski definition) is 1. The molecule has 6 heteroatoms. The van der Waals surface area contributed by atoms with Gasteiger partial charge in [-0.15, -0.1) is 11.6 Å². The van der Waals surface area contributed by atoms with Crippen molar-refractivity contribution in [2.24, 2.45) is 0 Å². The number of amides is 2. The summed E-state index contributed by atoms with van der Waals surface area (Å²) in [5, 5.41) is 3.11. The van der Waals surface area contributed by atoms with Crippen molar-refractivity contribution in [3.8, 4) is 0 Å². The quantitative estimate of drug-likeness (QED) is 0.419. The van der Waals surface area contributed by atoms with Gasteiger partial charge in [-0.1, -0.05) is 49.7 Å². The number of anilines is 1. The van der Waals surface area contributed by atoms with Crippen LogP contribution in [0.5, 0.6) is 0 Å². The minimum Gasteiger partial charge on any atom is -0.317 e. The van der Waals surface area contributed by atoms with E-state index < -0.39 is 0 Å². The summed E-state index contributed by atoms with van der Waals surface area (Å²) >= 11 is 5.77. The van der Waals surface area contributed by atoms with Crippen molar-refractivity contribution in [2.75, 3.05) is 24.3 Å². The zero-order valence-electron chi connectivity index (χ0n) is 20.7. The third-order valence-corrected chi connectivity index (χ3v) is 7.09. The number of hydrogen-bond acceptors (Lipinski definition) is 3. The van der Waals surface area contributed by atoms with Crippen LogP contribution in [0.3, 0.4) is 0 Å². The zero-order valence-corrected chi connectivity index (χ0v) is 21.5. The van der Waals surface area contributed by atoms with Crippen molar-refractivity contribution in [2.45, 2.75) is 71.5 Å². The van der Waals surface area contributed by atoms with E-state index in [4.69, 9.17) is 11.6 Å². The number of nitrogens with zero attached hydrogens (tertiary/aromatic N) is 2. The zero-order chi connectivity index (χ0) is 24.5. The van der Waals surface area contributed by atoms with Gasteiger partial charge in [0, 0.05) is 43.8 Å². The van der Waals surface area contributed by atoms with E-state index in [0.717, 1.165) is 48.3 Å². The molecule has 0 spiro atoms. The van der Waals surface area contributed by atoms with Gasteiger partial charge in [0.1, 0.15) is 0 Å². The molecule has 0 saturated carbocycles. The first-order valence-electron chi connectivity index (χ1n) is 12.4. The van der Waals surface area contributed by atoms with Gasteiger partial charge in [0.2, 0.25) is 0 Å². The first-order valence-corrected chi connectivity index (χ1v) is 13.0. The monoisotopic (exact) mass is 483 g/mol. The number of carbonyl (C=O) groups excluding carboxylic acids is 2. The lowest BCUT2D eigenvalue weighted by atomic mass is 9.98. The molecule has 0 bridgehead atoms. The number of Topliss-reactive ketones (excluding diaryl/α,β-unsaturated/α-hetero) is 1. The number of aryl methyl sites for hydroxylation is 1. The number of piperidine rings is 1. The summed E-state index contributed by atoms with van der Waals surface area (Å²) in [5.41, 5.74) is 3.85. The lowest BCUT2D eigenvalue weighted by Gasteiger charge is -2.41. The Hall–Kier alpha value is -2.37. The molecule has 1 saturated heterocycles. The van der Waals surface area contributed by atoms with Crippen LogP contribution in [0.15, 0.2) is 48.5 Å². The average Bonchev–Trinajstić information content (AvgIpc) is 2.83. The van der Waals surface area contributed by atoms with Crippen LogP contribution in [-0.4, -0.2) is 52.7 Å². The molecule has 0 aliphatic carbocycles. The van der Waals surface area contributed by atoms with E-state index in [9.17, 15) is 9.59 Å². The van der Waals surface area contributed by atoms with E-state index in [1.165, 1.54) is 12.8 Å². The number of carbonyl (C=O) groups is 2. The number of rotatable bonds is 10. The predicted molar refractivity (Wildman–Crippen MR) is 141 cm³/mol. The molecular weight excluding hydrogens is 446 g/mol. The van der Waals surface area contributed by atoms with Crippen LogP contribution in [0.25, 0.3) is 0 Å². The van der Waals surface area contributed by atoms with Crippen LogP contribution in [0, 0.1) is 6.92 Å². The van der Waals surface area contributed by atoms with Crippen molar-refractivity contribution >= 4 is 29.1 Å². The lowest BCUT2D eigenvalue weighted by molar-refractivity contribution is -0.116. The largest absolute Gasteiger partial charge is 0.322 e. The molecule has 184 valence electrons. The SMILES string of the molecule is CCCC(C)N1CCC(N(Cc2ccccc2CC(=O)CCl)C(=O)Nc2cccc(C)c2)CC1. The van der Waals surface area contributed by atoms with Gasteiger partial charge in [0.05, 0.1) is 5.88 Å². The maximum atomic E-state index is 13.5. The predicted octanol–water partition coefficient (Wildman–Crippen LogP) is 6.03. The number of benzene rings is 2. The summed E-state index contributed by atoms with van der Waals surface area (Å²) in [4.78, 5) is 30.1. The van der Waals surface area contributed by atoms with E-state index in [2.05, 4.69) is 24.1 Å². The maximum absolute atomic E-state index is 13.5. The third-order valence-electron chi connectivity index (χ3n) is 6.80. The summed E-state index contributed by atoms with van der Waals surface area (Å²) in [7, 11) is 0. The van der Waals surface area contributed by atoms with Crippen molar-refractivity contribution < 1.29 is 9.59 Å². The van der Waals surface area contributed by atoms with E-state index in [-0.39, 0.29) is 23.7 Å². The highest BCUT2D eigenvalue weighted by Crippen LogP contribution is 2.24. The number of likely N-dealkylation sites (tertiary alicyclic amines) is 1. The highest BCUT2D eigenvalue weighted by Gasteiger charge is 2.30. The highest BCUT2D eigenvalue weighted by atomic mass is 35.5. The molecule has 0 radical (unpaired) electrons. The summed E-state index contributed by atoms with van der Waals surface area (Å²) in [6.45, 7) is 9.01. The van der Waals surface area contributed by atoms with E-state index in [1.54, 1.807) is 0 Å². The average molecular weight is 484 g/mol. The molecule has 1 atom stereocenters. The highest BCUT2D eigenvalue weighted by molar-refractivity contribution is 6.27. The Labute approximate surface area is 209 Å². The number of urea groups is 1. The Balaban J connectivity index is 1.80. The summed E-state index contributed by atoms with van der Waals surface area (Å²) < 4.78 is 0. The summed E-state index contributed by atoms with van der Waals surface area (Å²) in [5.74, 6) is -0.0107. The molecule has 1 heterocycles. The fourth-order valence-corrected chi connectivity index (χ4v) is 4.95. The molecular formula is C28H38ClN3O2. The van der Waals surface area contributed by atoms with Crippen molar-refractivity contribution in [1.82, 2.24) is 9.80 Å². The molecule has 2 aromatic rings. The lowest BCUT2D eigenvalue weighted by Crippen LogP contribution is -2.50. The van der Waals surface area contributed by atoms with E-state index in [1.807, 2.05) is 60.4 Å². The van der Waals surface area contributed by atoms with Crippen LogP contribution in [0.1, 0.15) is 56.2 Å². The smallest absolute Gasteiger partial charge is 0.317 e. The number of ketones is 1. The van der Waals surface area contributed by atoms with Gasteiger partial charge in [-0.25, -0.2) is 4.79 Å². The minimum atomic E-state index is -0.0934. The molecule has 34 heavy (non-hydrogen) atoms. The fourth-order valence-electron chi connectivity index (χ4n) is 4.85. The van der Waals surface area contributed by atoms with Crippen molar-refractivity contribution in [3.63, 3.8) is 0 Å². The molecule has 1 N–H and O–H groups in total. The molecule has 1 aliphatic heterocycles. The van der Waals surface area contributed by atoms with Gasteiger partial charge in [-0.3, -0.25) is 4.79 Å². The molecule has 1 fully saturated rings. The van der Waals surface area contributed by atoms with Crippen LogP contribution in [0.4, 0.5) is 10.5 Å².